The van der Waals surface area contributed by atoms with Gasteiger partial charge in [-0.05, 0) is 89.6 Å². The normalized spacial score (nSPS) is 15.3. The summed E-state index contributed by atoms with van der Waals surface area (Å²) >= 11 is 6.01. The second-order valence-corrected chi connectivity index (χ2v) is 13.8. The van der Waals surface area contributed by atoms with Gasteiger partial charge in [-0.3, -0.25) is 14.5 Å². The minimum absolute atomic E-state index is 0.0502. The molecule has 2 heterocycles. The van der Waals surface area contributed by atoms with Crippen molar-refractivity contribution in [2.75, 3.05) is 47.8 Å². The molecule has 1 aliphatic carbocycles. The van der Waals surface area contributed by atoms with E-state index in [4.69, 9.17) is 21.1 Å². The van der Waals surface area contributed by atoms with E-state index in [0.717, 1.165) is 19.0 Å². The lowest BCUT2D eigenvalue weighted by Crippen LogP contribution is -2.45. The maximum atomic E-state index is 14.1. The Kier molecular flexibility index (Phi) is 13.3. The number of hydrogen-bond acceptors (Lipinski definition) is 10. The molecule has 1 fully saturated rings. The van der Waals surface area contributed by atoms with Crippen molar-refractivity contribution in [3.05, 3.63) is 58.8 Å². The van der Waals surface area contributed by atoms with Gasteiger partial charge >= 0.3 is 24.1 Å². The number of aromatic nitrogens is 2. The molecule has 0 spiro atoms. The number of anilines is 3. The largest absolute Gasteiger partial charge is 0.471 e. The van der Waals surface area contributed by atoms with Crippen molar-refractivity contribution >= 4 is 52.8 Å². The van der Waals surface area contributed by atoms with Crippen LogP contribution < -0.4 is 19.9 Å². The summed E-state index contributed by atoms with van der Waals surface area (Å²) in [5.74, 6) is -3.70. The number of nitrogens with one attached hydrogen (secondary N) is 1. The van der Waals surface area contributed by atoms with Gasteiger partial charge in [-0.25, -0.2) is 14.6 Å². The van der Waals surface area contributed by atoms with E-state index < -0.39 is 53.8 Å². The second-order valence-electron chi connectivity index (χ2n) is 13.3. The lowest BCUT2D eigenvalue weighted by molar-refractivity contribution is -0.170. The molecule has 282 valence electrons. The topological polar surface area (TPSA) is 134 Å². The number of likely N-dealkylation sites (tertiary alicyclic amines) is 1. The molecule has 0 bridgehead atoms. The van der Waals surface area contributed by atoms with Crippen LogP contribution in [0.2, 0.25) is 0 Å². The van der Waals surface area contributed by atoms with Crippen molar-refractivity contribution in [1.82, 2.24) is 14.9 Å². The number of esters is 1. The summed E-state index contributed by atoms with van der Waals surface area (Å²) in [4.78, 5) is 64.8. The minimum atomic E-state index is -5.37. The number of benzene rings is 1. The van der Waals surface area contributed by atoms with E-state index >= 15 is 0 Å². The van der Waals surface area contributed by atoms with Crippen molar-refractivity contribution in [2.24, 2.45) is 0 Å². The van der Waals surface area contributed by atoms with Crippen molar-refractivity contribution in [2.45, 2.75) is 84.5 Å². The van der Waals surface area contributed by atoms with Gasteiger partial charge < -0.3 is 24.6 Å². The van der Waals surface area contributed by atoms with Crippen LogP contribution in [0.1, 0.15) is 65.9 Å². The van der Waals surface area contributed by atoms with Gasteiger partial charge in [0.15, 0.2) is 11.6 Å². The number of ether oxygens (including phenoxy) is 2. The number of nitrogens with zero attached hydrogens (tertiary/aromatic N) is 5. The van der Waals surface area contributed by atoms with Crippen LogP contribution >= 0.6 is 11.6 Å². The summed E-state index contributed by atoms with van der Waals surface area (Å²) in [6.45, 7) is 9.79. The predicted molar refractivity (Wildman–Crippen MR) is 190 cm³/mol. The van der Waals surface area contributed by atoms with E-state index in [1.807, 2.05) is 13.8 Å². The number of rotatable bonds is 13. The van der Waals surface area contributed by atoms with E-state index in [1.165, 1.54) is 12.2 Å². The number of allylic oxidation sites excluding steroid dienone is 3. The highest BCUT2D eigenvalue weighted by Gasteiger charge is 2.45. The molecule has 1 atom stereocenters. The molecule has 16 heteroatoms. The standard InChI is InChI=1S/C36H44ClF3N6O6/c1-6-44(7-2)33-41-21-28(46(32(49)36(38,39)40)22-29(47)24-12-14-25(37)15-13-24)30(43-33)42-27(31(48)52-35(3,4)5)20-23-10-16-26(17-11-23)51-34(50)45-18-8-9-19-45/h10-12,14,16-17,21,27H,6-9,13,15,18-20,22H2,1-5H3,(H,41,42,43)/t27-/m0/s1. The third-order valence-electron chi connectivity index (χ3n) is 8.27. The maximum Gasteiger partial charge on any atom is 0.471 e. The lowest BCUT2D eigenvalue weighted by Gasteiger charge is -2.29. The fourth-order valence-electron chi connectivity index (χ4n) is 5.56. The molecular weight excluding hydrogens is 705 g/mol. The molecule has 4 rings (SSSR count). The van der Waals surface area contributed by atoms with Gasteiger partial charge in [-0.15, -0.1) is 0 Å². The fourth-order valence-corrected chi connectivity index (χ4v) is 5.72. The third-order valence-corrected chi connectivity index (χ3v) is 8.59. The summed E-state index contributed by atoms with van der Waals surface area (Å²) in [6, 6.07) is 5.18. The Bertz CT molecular complexity index is 1680. The van der Waals surface area contributed by atoms with Crippen LogP contribution in [0.4, 0.5) is 35.4 Å². The van der Waals surface area contributed by atoms with Gasteiger partial charge in [0, 0.05) is 37.6 Å². The van der Waals surface area contributed by atoms with Crippen LogP contribution in [0, 0.1) is 0 Å². The summed E-state index contributed by atoms with van der Waals surface area (Å²) in [5, 5.41) is 3.42. The molecule has 0 unspecified atom stereocenters. The average Bonchev–Trinajstić information content (AvgIpc) is 3.63. The first-order valence-electron chi connectivity index (χ1n) is 17.1. The summed E-state index contributed by atoms with van der Waals surface area (Å²) in [5.41, 5.74) is -0.630. The molecule has 0 saturated carbocycles. The van der Waals surface area contributed by atoms with E-state index in [2.05, 4.69) is 15.3 Å². The van der Waals surface area contributed by atoms with Crippen LogP contribution in [-0.4, -0.2) is 89.2 Å². The van der Waals surface area contributed by atoms with Crippen LogP contribution in [-0.2, 0) is 25.5 Å². The third kappa shape index (κ3) is 10.9. The highest BCUT2D eigenvalue weighted by molar-refractivity contribution is 6.30. The Labute approximate surface area is 306 Å². The van der Waals surface area contributed by atoms with E-state index in [9.17, 15) is 32.3 Å². The number of carbonyl (C=O) groups is 4. The monoisotopic (exact) mass is 748 g/mol. The number of halogens is 4. The van der Waals surface area contributed by atoms with Gasteiger partial charge in [0.2, 0.25) is 5.95 Å². The number of amides is 2. The zero-order chi connectivity index (χ0) is 38.2. The van der Waals surface area contributed by atoms with E-state index in [-0.39, 0.29) is 35.1 Å². The van der Waals surface area contributed by atoms with Crippen LogP contribution in [0.15, 0.2) is 53.2 Å². The van der Waals surface area contributed by atoms with Crippen molar-refractivity contribution in [3.63, 3.8) is 0 Å². The number of Topliss-reactive ketones (excluding diaryl/α,β-unsaturated/α-hetero) is 1. The molecule has 52 heavy (non-hydrogen) atoms. The molecule has 1 aliphatic heterocycles. The Balaban J connectivity index is 1.74. The molecule has 1 aromatic heterocycles. The smallest absolute Gasteiger partial charge is 0.458 e. The molecular formula is C36H44ClF3N6O6. The van der Waals surface area contributed by atoms with E-state index in [0.29, 0.717) is 48.9 Å². The van der Waals surface area contributed by atoms with Gasteiger partial charge in [-0.1, -0.05) is 29.8 Å². The molecule has 12 nitrogen and oxygen atoms in total. The predicted octanol–water partition coefficient (Wildman–Crippen LogP) is 6.59. The van der Waals surface area contributed by atoms with Gasteiger partial charge in [0.05, 0.1) is 12.7 Å². The highest BCUT2D eigenvalue weighted by atomic mass is 35.5. The number of ketones is 1. The highest BCUT2D eigenvalue weighted by Crippen LogP contribution is 2.32. The Hall–Kier alpha value is -4.66. The van der Waals surface area contributed by atoms with Crippen molar-refractivity contribution in [3.8, 4) is 5.75 Å². The summed E-state index contributed by atoms with van der Waals surface area (Å²) in [7, 11) is 0. The second kappa shape index (κ2) is 17.2. The molecule has 1 saturated heterocycles. The number of alkyl halides is 3. The first-order valence-corrected chi connectivity index (χ1v) is 17.5. The van der Waals surface area contributed by atoms with Gasteiger partial charge in [0.1, 0.15) is 23.1 Å². The molecule has 1 aromatic carbocycles. The first-order chi connectivity index (χ1) is 24.5. The SMILES string of the molecule is CCN(CC)c1ncc(N(CC(=O)C2=CC=C(Cl)CC2)C(=O)C(F)(F)F)c(N[C@@H](Cc2ccc(OC(=O)N3CCCC3)cc2)C(=O)OC(C)(C)C)n1. The zero-order valence-electron chi connectivity index (χ0n) is 29.9. The van der Waals surface area contributed by atoms with Gasteiger partial charge in [0.25, 0.3) is 0 Å². The molecule has 2 aromatic rings. The fraction of sp³-hybridized carbons (Fsp3) is 0.500. The Morgan fingerprint density at radius 2 is 1.65 bits per heavy atom. The van der Waals surface area contributed by atoms with Crippen LogP contribution in [0.5, 0.6) is 5.75 Å². The quantitative estimate of drug-likeness (QED) is 0.224. The molecule has 2 amide bonds. The molecule has 1 N–H and O–H groups in total. The minimum Gasteiger partial charge on any atom is -0.458 e. The average molecular weight is 749 g/mol. The van der Waals surface area contributed by atoms with Gasteiger partial charge in [-0.2, -0.15) is 18.2 Å². The zero-order valence-corrected chi connectivity index (χ0v) is 30.6. The Morgan fingerprint density at radius 3 is 2.21 bits per heavy atom. The van der Waals surface area contributed by atoms with Crippen LogP contribution in [0.3, 0.4) is 0 Å². The van der Waals surface area contributed by atoms with E-state index in [1.54, 1.807) is 54.8 Å². The molecule has 2 aliphatic rings. The summed E-state index contributed by atoms with van der Waals surface area (Å²) in [6.07, 6.45) is 0.357. The molecule has 0 radical (unpaired) electrons. The maximum absolute atomic E-state index is 14.1. The lowest BCUT2D eigenvalue weighted by atomic mass is 10.0. The Morgan fingerprint density at radius 1 is 1.00 bits per heavy atom. The van der Waals surface area contributed by atoms with Crippen LogP contribution in [0.25, 0.3) is 0 Å². The van der Waals surface area contributed by atoms with Crippen molar-refractivity contribution in [1.29, 1.82) is 0 Å². The summed E-state index contributed by atoms with van der Waals surface area (Å²) < 4.78 is 53.5. The number of hydrogen-bond donors (Lipinski definition) is 1. The van der Waals surface area contributed by atoms with Crippen molar-refractivity contribution < 1.29 is 41.8 Å². The first kappa shape index (κ1) is 40.1. The number of carbonyl (C=O) groups excluding carboxylic acids is 4.